The Balaban J connectivity index is 1.90. The lowest BCUT2D eigenvalue weighted by Gasteiger charge is -2.18. The fourth-order valence-corrected chi connectivity index (χ4v) is 3.28. The highest BCUT2D eigenvalue weighted by atomic mass is 16.2. The Morgan fingerprint density at radius 2 is 1.46 bits per heavy atom. The van der Waals surface area contributed by atoms with Crippen molar-refractivity contribution in [2.24, 2.45) is 0 Å². The van der Waals surface area contributed by atoms with Crippen LogP contribution in [0.1, 0.15) is 81.7 Å². The summed E-state index contributed by atoms with van der Waals surface area (Å²) in [4.78, 5) is 38.9. The number of hydrogen-bond acceptors (Lipinski definition) is 3. The number of carbonyl (C=O) groups excluding carboxylic acids is 3. The normalized spacial score (nSPS) is 13.7. The van der Waals surface area contributed by atoms with E-state index in [0.29, 0.717) is 22.6 Å². The zero-order valence-electron chi connectivity index (χ0n) is 15.6. The van der Waals surface area contributed by atoms with Crippen LogP contribution in [0.15, 0.2) is 42.5 Å². The number of nitrogens with zero attached hydrogens (tertiary/aromatic N) is 1. The molecule has 0 aromatic heterocycles. The van der Waals surface area contributed by atoms with Crippen LogP contribution in [0.3, 0.4) is 0 Å². The molecule has 4 nitrogen and oxygen atoms in total. The van der Waals surface area contributed by atoms with Crippen molar-refractivity contribution >= 4 is 17.6 Å². The number of carbonyl (C=O) groups is 3. The van der Waals surface area contributed by atoms with E-state index in [1.54, 1.807) is 24.3 Å². The fourth-order valence-electron chi connectivity index (χ4n) is 3.28. The van der Waals surface area contributed by atoms with Gasteiger partial charge in [-0.1, -0.05) is 58.0 Å². The van der Waals surface area contributed by atoms with E-state index < -0.39 is 11.8 Å². The van der Waals surface area contributed by atoms with E-state index in [-0.39, 0.29) is 18.2 Å². The van der Waals surface area contributed by atoms with Crippen LogP contribution in [0.4, 0.5) is 0 Å². The molecule has 0 saturated heterocycles. The minimum absolute atomic E-state index is 0.176. The average Bonchev–Trinajstić information content (AvgIpc) is 2.86. The van der Waals surface area contributed by atoms with Crippen LogP contribution in [0.25, 0.3) is 0 Å². The predicted octanol–water partition coefficient (Wildman–Crippen LogP) is 4.41. The van der Waals surface area contributed by atoms with Gasteiger partial charge in [-0.25, -0.2) is 0 Å². The summed E-state index contributed by atoms with van der Waals surface area (Å²) in [5.41, 5.74) is 3.44. The number of Topliss-reactive ketones (excluding diaryl/α,β-unsaturated/α-hetero) is 1. The molecule has 0 spiro atoms. The first-order valence-electron chi connectivity index (χ1n) is 8.93. The van der Waals surface area contributed by atoms with E-state index in [1.165, 1.54) is 5.56 Å². The van der Waals surface area contributed by atoms with Gasteiger partial charge in [0.25, 0.3) is 11.8 Å². The van der Waals surface area contributed by atoms with Crippen molar-refractivity contribution < 1.29 is 14.4 Å². The van der Waals surface area contributed by atoms with Crippen LogP contribution in [-0.4, -0.2) is 29.0 Å². The molecule has 2 aromatic carbocycles. The monoisotopic (exact) mass is 349 g/mol. The maximum absolute atomic E-state index is 12.9. The Hall–Kier alpha value is -2.75. The molecule has 1 aliphatic heterocycles. The molecule has 1 heterocycles. The SMILES string of the molecule is CC(C)c1ccc(C(=O)CN2C(=O)c3ccccc3C2=O)c(C(C)C)c1. The molecule has 0 unspecified atom stereocenters. The lowest BCUT2D eigenvalue weighted by Crippen LogP contribution is -2.35. The average molecular weight is 349 g/mol. The molecule has 0 aliphatic carbocycles. The number of fused-ring (bicyclic) bond motifs is 1. The van der Waals surface area contributed by atoms with E-state index >= 15 is 0 Å². The van der Waals surface area contributed by atoms with Crippen molar-refractivity contribution in [3.05, 3.63) is 70.3 Å². The quantitative estimate of drug-likeness (QED) is 0.593. The fraction of sp³-hybridized carbons (Fsp3) is 0.318. The van der Waals surface area contributed by atoms with Crippen molar-refractivity contribution in [2.75, 3.05) is 6.54 Å². The summed E-state index contributed by atoms with van der Waals surface area (Å²) in [7, 11) is 0. The standard InChI is InChI=1S/C22H23NO3/c1-13(2)15-9-10-16(19(11-15)14(3)4)20(24)12-23-21(25)17-7-5-6-8-18(17)22(23)26/h5-11,13-14H,12H2,1-4H3. The number of rotatable bonds is 5. The molecule has 26 heavy (non-hydrogen) atoms. The van der Waals surface area contributed by atoms with E-state index in [0.717, 1.165) is 10.5 Å². The summed E-state index contributed by atoms with van der Waals surface area (Å²) < 4.78 is 0. The Morgan fingerprint density at radius 3 is 1.96 bits per heavy atom. The molecule has 1 aliphatic rings. The van der Waals surface area contributed by atoms with Gasteiger partial charge in [0.1, 0.15) is 0 Å². The summed E-state index contributed by atoms with van der Waals surface area (Å²) in [6.45, 7) is 8.07. The van der Waals surface area contributed by atoms with Crippen molar-refractivity contribution in [2.45, 2.75) is 39.5 Å². The third-order valence-electron chi connectivity index (χ3n) is 4.84. The van der Waals surface area contributed by atoms with Gasteiger partial charge >= 0.3 is 0 Å². The van der Waals surface area contributed by atoms with Gasteiger partial charge in [-0.15, -0.1) is 0 Å². The largest absolute Gasteiger partial charge is 0.292 e. The molecule has 2 amide bonds. The molecule has 0 N–H and O–H groups in total. The molecule has 0 bridgehead atoms. The number of hydrogen-bond donors (Lipinski definition) is 0. The Bertz CT molecular complexity index is 861. The van der Waals surface area contributed by atoms with Crippen LogP contribution < -0.4 is 0 Å². The highest BCUT2D eigenvalue weighted by Crippen LogP contribution is 2.27. The Morgan fingerprint density at radius 1 is 0.885 bits per heavy atom. The van der Waals surface area contributed by atoms with Gasteiger partial charge in [-0.2, -0.15) is 0 Å². The van der Waals surface area contributed by atoms with Gasteiger partial charge in [0.15, 0.2) is 5.78 Å². The van der Waals surface area contributed by atoms with Gasteiger partial charge in [0.05, 0.1) is 17.7 Å². The third-order valence-corrected chi connectivity index (χ3v) is 4.84. The minimum Gasteiger partial charge on any atom is -0.292 e. The minimum atomic E-state index is -0.399. The van der Waals surface area contributed by atoms with E-state index in [2.05, 4.69) is 19.9 Å². The molecule has 3 rings (SSSR count). The highest BCUT2D eigenvalue weighted by molar-refractivity contribution is 6.23. The maximum atomic E-state index is 12.9. The van der Waals surface area contributed by atoms with Crippen molar-refractivity contribution in [3.8, 4) is 0 Å². The van der Waals surface area contributed by atoms with Crippen LogP contribution >= 0.6 is 0 Å². The summed E-state index contributed by atoms with van der Waals surface area (Å²) in [5, 5.41) is 0. The molecule has 134 valence electrons. The second-order valence-corrected chi connectivity index (χ2v) is 7.32. The first-order valence-corrected chi connectivity index (χ1v) is 8.93. The van der Waals surface area contributed by atoms with Crippen LogP contribution in [-0.2, 0) is 0 Å². The lowest BCUT2D eigenvalue weighted by atomic mass is 9.90. The summed E-state index contributed by atoms with van der Waals surface area (Å²) in [6, 6.07) is 12.5. The van der Waals surface area contributed by atoms with Gasteiger partial charge in [0, 0.05) is 5.56 Å². The van der Waals surface area contributed by atoms with Crippen molar-refractivity contribution in [3.63, 3.8) is 0 Å². The van der Waals surface area contributed by atoms with Gasteiger partial charge in [-0.3, -0.25) is 19.3 Å². The van der Waals surface area contributed by atoms with Crippen molar-refractivity contribution in [1.29, 1.82) is 0 Å². The van der Waals surface area contributed by atoms with E-state index in [9.17, 15) is 14.4 Å². The molecular formula is C22H23NO3. The number of amides is 2. The maximum Gasteiger partial charge on any atom is 0.261 e. The van der Waals surface area contributed by atoms with Gasteiger partial charge < -0.3 is 0 Å². The molecule has 0 radical (unpaired) electrons. The molecule has 0 fully saturated rings. The predicted molar refractivity (Wildman–Crippen MR) is 101 cm³/mol. The molecule has 2 aromatic rings. The molecule has 0 atom stereocenters. The highest BCUT2D eigenvalue weighted by Gasteiger charge is 2.36. The summed E-state index contributed by atoms with van der Waals surface area (Å²) >= 11 is 0. The van der Waals surface area contributed by atoms with Crippen molar-refractivity contribution in [1.82, 2.24) is 4.90 Å². The topological polar surface area (TPSA) is 54.5 Å². The summed E-state index contributed by atoms with van der Waals surface area (Å²) in [5.74, 6) is -0.464. The van der Waals surface area contributed by atoms with E-state index in [4.69, 9.17) is 0 Å². The molecule has 4 heteroatoms. The third kappa shape index (κ3) is 3.07. The van der Waals surface area contributed by atoms with Crippen LogP contribution in [0.5, 0.6) is 0 Å². The zero-order chi connectivity index (χ0) is 19.0. The lowest BCUT2D eigenvalue weighted by molar-refractivity contribution is 0.0624. The molecule has 0 saturated carbocycles. The van der Waals surface area contributed by atoms with Gasteiger partial charge in [-0.05, 0) is 35.1 Å². The van der Waals surface area contributed by atoms with E-state index in [1.807, 2.05) is 26.0 Å². The molecular weight excluding hydrogens is 326 g/mol. The Labute approximate surface area is 153 Å². The second kappa shape index (κ2) is 6.87. The summed E-state index contributed by atoms with van der Waals surface area (Å²) in [6.07, 6.45) is 0. The van der Waals surface area contributed by atoms with Crippen LogP contribution in [0, 0.1) is 0 Å². The number of benzene rings is 2. The Kier molecular flexibility index (Phi) is 4.77. The first-order chi connectivity index (χ1) is 12.3. The second-order valence-electron chi connectivity index (χ2n) is 7.32. The smallest absolute Gasteiger partial charge is 0.261 e. The number of imide groups is 1. The first kappa shape index (κ1) is 18.1. The zero-order valence-corrected chi connectivity index (χ0v) is 15.6. The van der Waals surface area contributed by atoms with Crippen LogP contribution in [0.2, 0.25) is 0 Å². The van der Waals surface area contributed by atoms with Gasteiger partial charge in [0.2, 0.25) is 0 Å². The number of ketones is 1.